The maximum atomic E-state index is 13.8. The molecule has 134 valence electrons. The predicted molar refractivity (Wildman–Crippen MR) is 93.0 cm³/mol. The van der Waals surface area contributed by atoms with Gasteiger partial charge >= 0.3 is 0 Å². The number of hydrogen-bond acceptors (Lipinski definition) is 5. The lowest BCUT2D eigenvalue weighted by Gasteiger charge is -2.27. The number of ether oxygens (including phenoxy) is 1. The molecule has 1 amide bonds. The summed E-state index contributed by atoms with van der Waals surface area (Å²) in [6, 6.07) is 5.97. The van der Waals surface area contributed by atoms with Gasteiger partial charge in [0, 0.05) is 13.6 Å². The summed E-state index contributed by atoms with van der Waals surface area (Å²) < 4.78 is 21.2. The minimum atomic E-state index is -0.772. The Kier molecular flexibility index (Phi) is 5.27. The molecule has 6 nitrogen and oxygen atoms in total. The Morgan fingerprint density at radius 3 is 2.84 bits per heavy atom. The predicted octanol–water partition coefficient (Wildman–Crippen LogP) is 2.81. The quantitative estimate of drug-likeness (QED) is 0.764. The molecule has 8 heteroatoms. The van der Waals surface area contributed by atoms with Gasteiger partial charge in [-0.05, 0) is 38.2 Å². The Morgan fingerprint density at radius 2 is 2.16 bits per heavy atom. The Hall–Kier alpha value is -2.09. The zero-order valence-corrected chi connectivity index (χ0v) is 15.3. The van der Waals surface area contributed by atoms with E-state index in [1.807, 2.05) is 17.9 Å². The van der Waals surface area contributed by atoms with E-state index in [1.165, 1.54) is 23.9 Å². The van der Waals surface area contributed by atoms with E-state index < -0.39 is 11.9 Å². The lowest BCUT2D eigenvalue weighted by molar-refractivity contribution is -0.139. The normalized spacial score (nSPS) is 18.4. The van der Waals surface area contributed by atoms with Crippen LogP contribution in [0.3, 0.4) is 0 Å². The smallest absolute Gasteiger partial charge is 0.263 e. The Balaban J connectivity index is 1.76. The third kappa shape index (κ3) is 3.49. The van der Waals surface area contributed by atoms with Crippen molar-refractivity contribution in [2.24, 2.45) is 7.05 Å². The SMILES string of the molecule is CSc1nnc([C@H]2CCCN2C(=O)[C@@H](C)Oc2ccccc2F)n1C. The van der Waals surface area contributed by atoms with Crippen LogP contribution in [0.1, 0.15) is 31.6 Å². The molecular formula is C17H21FN4O2S. The molecule has 3 rings (SSSR count). The number of carbonyl (C=O) groups is 1. The summed E-state index contributed by atoms with van der Waals surface area (Å²) in [5, 5.41) is 9.22. The van der Waals surface area contributed by atoms with E-state index in [9.17, 15) is 9.18 Å². The first-order chi connectivity index (χ1) is 12.0. The first-order valence-electron chi connectivity index (χ1n) is 8.18. The molecule has 0 aliphatic carbocycles. The van der Waals surface area contributed by atoms with Crippen LogP contribution in [0, 0.1) is 5.82 Å². The zero-order chi connectivity index (χ0) is 18.0. The Bertz CT molecular complexity index is 767. The summed E-state index contributed by atoms with van der Waals surface area (Å²) in [5.74, 6) is 0.216. The van der Waals surface area contributed by atoms with Crippen molar-refractivity contribution in [2.75, 3.05) is 12.8 Å². The van der Waals surface area contributed by atoms with Gasteiger partial charge in [-0.3, -0.25) is 4.79 Å². The number of amides is 1. The second-order valence-corrected chi connectivity index (χ2v) is 6.76. The van der Waals surface area contributed by atoms with Gasteiger partial charge in [-0.2, -0.15) is 0 Å². The molecule has 1 aromatic carbocycles. The molecule has 1 saturated heterocycles. The van der Waals surface area contributed by atoms with Crippen LogP contribution in [0.2, 0.25) is 0 Å². The second-order valence-electron chi connectivity index (χ2n) is 5.98. The Morgan fingerprint density at radius 1 is 1.40 bits per heavy atom. The molecule has 0 unspecified atom stereocenters. The van der Waals surface area contributed by atoms with Crippen LogP contribution < -0.4 is 4.74 Å². The van der Waals surface area contributed by atoms with Gasteiger partial charge in [0.1, 0.15) is 0 Å². The highest BCUT2D eigenvalue weighted by molar-refractivity contribution is 7.98. The molecule has 1 fully saturated rings. The topological polar surface area (TPSA) is 60.3 Å². The van der Waals surface area contributed by atoms with E-state index in [4.69, 9.17) is 4.74 Å². The average molecular weight is 364 g/mol. The monoisotopic (exact) mass is 364 g/mol. The van der Waals surface area contributed by atoms with Crippen molar-refractivity contribution in [3.05, 3.63) is 35.9 Å². The van der Waals surface area contributed by atoms with Crippen molar-refractivity contribution >= 4 is 17.7 Å². The summed E-state index contributed by atoms with van der Waals surface area (Å²) in [6.45, 7) is 2.28. The van der Waals surface area contributed by atoms with Crippen molar-refractivity contribution in [2.45, 2.75) is 37.1 Å². The minimum Gasteiger partial charge on any atom is -0.478 e. The number of nitrogens with zero attached hydrogens (tertiary/aromatic N) is 4. The van der Waals surface area contributed by atoms with Gasteiger partial charge in [-0.25, -0.2) is 4.39 Å². The van der Waals surface area contributed by atoms with Crippen LogP contribution >= 0.6 is 11.8 Å². The van der Waals surface area contributed by atoms with Gasteiger partial charge in [-0.1, -0.05) is 23.9 Å². The van der Waals surface area contributed by atoms with E-state index in [-0.39, 0.29) is 17.7 Å². The van der Waals surface area contributed by atoms with Crippen molar-refractivity contribution in [1.29, 1.82) is 0 Å². The van der Waals surface area contributed by atoms with E-state index >= 15 is 0 Å². The third-order valence-electron chi connectivity index (χ3n) is 4.37. The fraction of sp³-hybridized carbons (Fsp3) is 0.471. The van der Waals surface area contributed by atoms with Crippen LogP contribution in [0.5, 0.6) is 5.75 Å². The van der Waals surface area contributed by atoms with Gasteiger partial charge in [-0.15, -0.1) is 10.2 Å². The molecule has 1 aromatic heterocycles. The van der Waals surface area contributed by atoms with Crippen molar-refractivity contribution < 1.29 is 13.9 Å². The number of likely N-dealkylation sites (tertiary alicyclic amines) is 1. The first kappa shape index (κ1) is 17.7. The van der Waals surface area contributed by atoms with Crippen LogP contribution in [0.25, 0.3) is 0 Å². The summed E-state index contributed by atoms with van der Waals surface area (Å²) in [6.07, 6.45) is 2.89. The van der Waals surface area contributed by atoms with Crippen molar-refractivity contribution in [3.63, 3.8) is 0 Å². The van der Waals surface area contributed by atoms with E-state index in [0.29, 0.717) is 6.54 Å². The molecule has 0 spiro atoms. The molecule has 2 aromatic rings. The van der Waals surface area contributed by atoms with Crippen LogP contribution in [0.4, 0.5) is 4.39 Å². The molecule has 1 aliphatic heterocycles. The van der Waals surface area contributed by atoms with E-state index in [2.05, 4.69) is 10.2 Å². The number of aromatic nitrogens is 3. The fourth-order valence-corrected chi connectivity index (χ4v) is 3.60. The highest BCUT2D eigenvalue weighted by Gasteiger charge is 2.36. The van der Waals surface area contributed by atoms with Crippen LogP contribution in [-0.4, -0.2) is 44.5 Å². The number of halogens is 1. The number of para-hydroxylation sites is 1. The molecule has 0 radical (unpaired) electrons. The minimum absolute atomic E-state index is 0.0856. The van der Waals surface area contributed by atoms with E-state index in [0.717, 1.165) is 23.8 Å². The number of hydrogen-bond donors (Lipinski definition) is 0. The molecular weight excluding hydrogens is 343 g/mol. The van der Waals surface area contributed by atoms with Gasteiger partial charge in [0.15, 0.2) is 28.7 Å². The van der Waals surface area contributed by atoms with Crippen molar-refractivity contribution in [1.82, 2.24) is 19.7 Å². The number of rotatable bonds is 5. The summed E-state index contributed by atoms with van der Waals surface area (Å²) in [4.78, 5) is 14.6. The van der Waals surface area contributed by atoms with Crippen LogP contribution in [-0.2, 0) is 11.8 Å². The molecule has 1 aliphatic rings. The molecule has 2 atom stereocenters. The number of thioether (sulfide) groups is 1. The van der Waals surface area contributed by atoms with E-state index in [1.54, 1.807) is 24.0 Å². The van der Waals surface area contributed by atoms with Gasteiger partial charge in [0.05, 0.1) is 6.04 Å². The summed E-state index contributed by atoms with van der Waals surface area (Å²) in [7, 11) is 1.90. The second kappa shape index (κ2) is 7.43. The molecule has 0 N–H and O–H groups in total. The van der Waals surface area contributed by atoms with Crippen LogP contribution in [0.15, 0.2) is 29.4 Å². The summed E-state index contributed by atoms with van der Waals surface area (Å²) in [5.41, 5.74) is 0. The Labute approximate surface area is 150 Å². The average Bonchev–Trinajstić information content (AvgIpc) is 3.22. The largest absolute Gasteiger partial charge is 0.478 e. The highest BCUT2D eigenvalue weighted by Crippen LogP contribution is 2.32. The number of carbonyl (C=O) groups excluding carboxylic acids is 1. The molecule has 0 bridgehead atoms. The molecule has 0 saturated carbocycles. The standard InChI is InChI=1S/C17H21FN4O2S/c1-11(24-14-9-5-4-7-12(14)18)16(23)22-10-6-8-13(22)15-19-20-17(25-3)21(15)2/h4-5,7,9,11,13H,6,8,10H2,1-3H3/t11-,13-/m1/s1. The maximum Gasteiger partial charge on any atom is 0.263 e. The molecule has 2 heterocycles. The van der Waals surface area contributed by atoms with Gasteiger partial charge in [0.25, 0.3) is 5.91 Å². The fourth-order valence-electron chi connectivity index (χ4n) is 3.11. The lowest BCUT2D eigenvalue weighted by Crippen LogP contribution is -2.40. The van der Waals surface area contributed by atoms with Gasteiger partial charge in [0.2, 0.25) is 0 Å². The lowest BCUT2D eigenvalue weighted by atomic mass is 10.2. The third-order valence-corrected chi connectivity index (χ3v) is 5.09. The van der Waals surface area contributed by atoms with Gasteiger partial charge < -0.3 is 14.2 Å². The zero-order valence-electron chi connectivity index (χ0n) is 14.5. The number of benzene rings is 1. The molecule has 25 heavy (non-hydrogen) atoms. The summed E-state index contributed by atoms with van der Waals surface area (Å²) >= 11 is 1.51. The maximum absolute atomic E-state index is 13.8. The van der Waals surface area contributed by atoms with Crippen molar-refractivity contribution in [3.8, 4) is 5.75 Å². The highest BCUT2D eigenvalue weighted by atomic mass is 32.2. The first-order valence-corrected chi connectivity index (χ1v) is 9.40.